The third-order valence-electron chi connectivity index (χ3n) is 2.86. The molecule has 0 saturated heterocycles. The Morgan fingerprint density at radius 1 is 1.47 bits per heavy atom. The van der Waals surface area contributed by atoms with Gasteiger partial charge in [0.1, 0.15) is 11.2 Å². The van der Waals surface area contributed by atoms with Gasteiger partial charge in [-0.1, -0.05) is 13.8 Å². The summed E-state index contributed by atoms with van der Waals surface area (Å²) in [5, 5.41) is 11.8. The molecule has 0 aliphatic rings. The van der Waals surface area contributed by atoms with Crippen LogP contribution in [0, 0.1) is 0 Å². The van der Waals surface area contributed by atoms with E-state index in [1.54, 1.807) is 26.1 Å². The zero-order valence-corrected chi connectivity index (χ0v) is 11.3. The highest BCUT2D eigenvalue weighted by molar-refractivity contribution is 9.10. The molecule has 1 rings (SSSR count). The molecule has 0 fully saturated rings. The highest BCUT2D eigenvalue weighted by Gasteiger charge is 2.36. The largest absolute Gasteiger partial charge is 0.480 e. The van der Waals surface area contributed by atoms with Gasteiger partial charge < -0.3 is 15.4 Å². The molecule has 0 saturated carbocycles. The van der Waals surface area contributed by atoms with Gasteiger partial charge in [0, 0.05) is 10.7 Å². The van der Waals surface area contributed by atoms with Crippen LogP contribution in [0.3, 0.4) is 0 Å². The maximum absolute atomic E-state index is 11.9. The van der Waals surface area contributed by atoms with E-state index in [4.69, 9.17) is 0 Å². The van der Waals surface area contributed by atoms with Crippen molar-refractivity contribution in [2.75, 3.05) is 0 Å². The van der Waals surface area contributed by atoms with Gasteiger partial charge in [-0.25, -0.2) is 4.79 Å². The van der Waals surface area contributed by atoms with Gasteiger partial charge in [0.05, 0.1) is 0 Å². The van der Waals surface area contributed by atoms with Crippen molar-refractivity contribution >= 4 is 27.8 Å². The van der Waals surface area contributed by atoms with E-state index in [2.05, 4.69) is 26.2 Å². The van der Waals surface area contributed by atoms with Crippen LogP contribution in [0.1, 0.15) is 37.2 Å². The van der Waals surface area contributed by atoms with Crippen LogP contribution in [0.15, 0.2) is 16.7 Å². The minimum Gasteiger partial charge on any atom is -0.480 e. The third-order valence-corrected chi connectivity index (χ3v) is 3.32. The van der Waals surface area contributed by atoms with Crippen molar-refractivity contribution < 1.29 is 14.7 Å². The summed E-state index contributed by atoms with van der Waals surface area (Å²) in [5.41, 5.74) is -0.862. The first-order chi connectivity index (χ1) is 7.95. The first kappa shape index (κ1) is 13.8. The van der Waals surface area contributed by atoms with Crippen molar-refractivity contribution in [1.29, 1.82) is 0 Å². The number of carbonyl (C=O) groups is 2. The molecule has 0 spiro atoms. The van der Waals surface area contributed by atoms with Crippen molar-refractivity contribution in [2.45, 2.75) is 32.2 Å². The highest BCUT2D eigenvalue weighted by atomic mass is 79.9. The Balaban J connectivity index is 2.88. The van der Waals surface area contributed by atoms with Crippen LogP contribution in [0.4, 0.5) is 0 Å². The zero-order valence-electron chi connectivity index (χ0n) is 9.71. The molecule has 3 N–H and O–H groups in total. The molecule has 1 aromatic heterocycles. The molecule has 0 aliphatic heterocycles. The van der Waals surface area contributed by atoms with Crippen molar-refractivity contribution in [2.24, 2.45) is 0 Å². The van der Waals surface area contributed by atoms with E-state index in [0.717, 1.165) is 4.47 Å². The zero-order chi connectivity index (χ0) is 13.1. The minimum absolute atomic E-state index is 0.337. The van der Waals surface area contributed by atoms with Crippen molar-refractivity contribution in [1.82, 2.24) is 10.3 Å². The smallest absolute Gasteiger partial charge is 0.329 e. The van der Waals surface area contributed by atoms with Gasteiger partial charge in [-0.2, -0.15) is 0 Å². The van der Waals surface area contributed by atoms with Crippen LogP contribution >= 0.6 is 15.9 Å². The summed E-state index contributed by atoms with van der Waals surface area (Å²) in [4.78, 5) is 25.9. The number of carbonyl (C=O) groups excluding carboxylic acids is 1. The van der Waals surface area contributed by atoms with E-state index in [1.165, 1.54) is 0 Å². The number of halogens is 1. The first-order valence-corrected chi connectivity index (χ1v) is 6.14. The molecule has 0 bridgehead atoms. The fraction of sp³-hybridized carbons (Fsp3) is 0.455. The summed E-state index contributed by atoms with van der Waals surface area (Å²) in [7, 11) is 0. The number of amides is 1. The van der Waals surface area contributed by atoms with Crippen LogP contribution < -0.4 is 5.32 Å². The lowest BCUT2D eigenvalue weighted by molar-refractivity contribution is -0.144. The Labute approximate surface area is 108 Å². The van der Waals surface area contributed by atoms with Crippen molar-refractivity contribution in [3.05, 3.63) is 22.4 Å². The molecule has 0 aliphatic carbocycles. The van der Waals surface area contributed by atoms with Gasteiger partial charge in [-0.15, -0.1) is 0 Å². The summed E-state index contributed by atoms with van der Waals surface area (Å²) >= 11 is 3.22. The summed E-state index contributed by atoms with van der Waals surface area (Å²) < 4.78 is 0.747. The third kappa shape index (κ3) is 2.88. The van der Waals surface area contributed by atoms with Gasteiger partial charge >= 0.3 is 5.97 Å². The van der Waals surface area contributed by atoms with E-state index in [-0.39, 0.29) is 0 Å². The summed E-state index contributed by atoms with van der Waals surface area (Å²) in [6.45, 7) is 3.48. The predicted molar refractivity (Wildman–Crippen MR) is 66.9 cm³/mol. The maximum Gasteiger partial charge on any atom is 0.329 e. The average molecular weight is 303 g/mol. The molecule has 0 aromatic carbocycles. The minimum atomic E-state index is -1.20. The molecule has 5 nitrogen and oxygen atoms in total. The molecule has 1 aromatic rings. The Morgan fingerprint density at radius 2 is 2.06 bits per heavy atom. The standard InChI is InChI=1S/C11H15BrN2O3/c1-3-11(4-2,10(16)17)14-9(15)8-5-7(12)6-13-8/h5-6,13H,3-4H2,1-2H3,(H,14,15)(H,16,17). The monoisotopic (exact) mass is 302 g/mol. The Kier molecular flexibility index (Phi) is 4.34. The molecule has 1 heterocycles. The van der Waals surface area contributed by atoms with Crippen molar-refractivity contribution in [3.63, 3.8) is 0 Å². The van der Waals surface area contributed by atoms with Gasteiger partial charge in [-0.3, -0.25) is 4.79 Å². The van der Waals surface area contributed by atoms with Crippen LogP contribution in [-0.4, -0.2) is 27.5 Å². The number of carboxylic acids is 1. The SMILES string of the molecule is CCC(CC)(NC(=O)c1cc(Br)c[nH]1)C(=O)O. The number of aromatic amines is 1. The number of H-pyrrole nitrogens is 1. The Hall–Kier alpha value is -1.30. The molecule has 1 amide bonds. The molecular formula is C11H15BrN2O3. The van der Waals surface area contributed by atoms with Gasteiger partial charge in [-0.05, 0) is 34.8 Å². The predicted octanol–water partition coefficient (Wildman–Crippen LogP) is 2.15. The van der Waals surface area contributed by atoms with Crippen LogP contribution in [0.25, 0.3) is 0 Å². The fourth-order valence-corrected chi connectivity index (χ4v) is 1.91. The van der Waals surface area contributed by atoms with Crippen LogP contribution in [0.5, 0.6) is 0 Å². The lowest BCUT2D eigenvalue weighted by atomic mass is 9.93. The second-order valence-electron chi connectivity index (χ2n) is 3.78. The Morgan fingerprint density at radius 3 is 2.41 bits per heavy atom. The number of rotatable bonds is 5. The second kappa shape index (κ2) is 5.35. The Bertz CT molecular complexity index is 424. The fourth-order valence-electron chi connectivity index (χ4n) is 1.57. The van der Waals surface area contributed by atoms with Gasteiger partial charge in [0.25, 0.3) is 5.91 Å². The van der Waals surface area contributed by atoms with E-state index in [0.29, 0.717) is 18.5 Å². The second-order valence-corrected chi connectivity index (χ2v) is 4.70. The summed E-state index contributed by atoms with van der Waals surface area (Å²) in [6.07, 6.45) is 2.30. The number of carboxylic acid groups (broad SMARTS) is 1. The summed E-state index contributed by atoms with van der Waals surface area (Å²) in [5.74, 6) is -1.43. The number of aliphatic carboxylic acids is 1. The van der Waals surface area contributed by atoms with Gasteiger partial charge in [0.15, 0.2) is 0 Å². The lowest BCUT2D eigenvalue weighted by Gasteiger charge is -2.27. The molecule has 0 radical (unpaired) electrons. The van der Waals surface area contributed by atoms with Crippen LogP contribution in [0.2, 0.25) is 0 Å². The molecule has 0 atom stereocenters. The molecule has 6 heteroatoms. The summed E-state index contributed by atoms with van der Waals surface area (Å²) in [6, 6.07) is 1.60. The molecule has 17 heavy (non-hydrogen) atoms. The number of hydrogen-bond acceptors (Lipinski definition) is 2. The molecule has 0 unspecified atom stereocenters. The van der Waals surface area contributed by atoms with Crippen LogP contribution in [-0.2, 0) is 4.79 Å². The van der Waals surface area contributed by atoms with E-state index >= 15 is 0 Å². The molecule has 94 valence electrons. The number of hydrogen-bond donors (Lipinski definition) is 3. The highest BCUT2D eigenvalue weighted by Crippen LogP contribution is 2.17. The topological polar surface area (TPSA) is 82.2 Å². The number of aromatic nitrogens is 1. The quantitative estimate of drug-likeness (QED) is 0.779. The maximum atomic E-state index is 11.9. The van der Waals surface area contributed by atoms with E-state index in [1.807, 2.05) is 0 Å². The first-order valence-electron chi connectivity index (χ1n) is 5.35. The molecular weight excluding hydrogens is 288 g/mol. The van der Waals surface area contributed by atoms with E-state index < -0.39 is 17.4 Å². The number of nitrogens with one attached hydrogen (secondary N) is 2. The lowest BCUT2D eigenvalue weighted by Crippen LogP contribution is -2.53. The van der Waals surface area contributed by atoms with Crippen molar-refractivity contribution in [3.8, 4) is 0 Å². The van der Waals surface area contributed by atoms with E-state index in [9.17, 15) is 14.7 Å². The van der Waals surface area contributed by atoms with Gasteiger partial charge in [0.2, 0.25) is 0 Å². The normalized spacial score (nSPS) is 11.2. The average Bonchev–Trinajstić information content (AvgIpc) is 2.72.